The Morgan fingerprint density at radius 1 is 1.53 bits per heavy atom. The number of hydrogen-bond donors (Lipinski definition) is 1. The highest BCUT2D eigenvalue weighted by atomic mass is 16.6. The van der Waals surface area contributed by atoms with Crippen LogP contribution in [0.2, 0.25) is 0 Å². The zero-order valence-corrected chi connectivity index (χ0v) is 9.71. The number of nitro benzene ring substituents is 1. The highest BCUT2D eigenvalue weighted by Gasteiger charge is 2.17. The van der Waals surface area contributed by atoms with Gasteiger partial charge in [0.1, 0.15) is 0 Å². The van der Waals surface area contributed by atoms with Crippen molar-refractivity contribution in [1.29, 1.82) is 0 Å². The van der Waals surface area contributed by atoms with Crippen molar-refractivity contribution in [2.24, 2.45) is 0 Å². The summed E-state index contributed by atoms with van der Waals surface area (Å²) < 4.78 is 0. The summed E-state index contributed by atoms with van der Waals surface area (Å²) in [5, 5.41) is 19.7. The van der Waals surface area contributed by atoms with E-state index in [2.05, 4.69) is 0 Å². The number of carbonyl (C=O) groups is 1. The van der Waals surface area contributed by atoms with Crippen LogP contribution in [0.3, 0.4) is 0 Å². The van der Waals surface area contributed by atoms with E-state index in [9.17, 15) is 14.9 Å². The molecule has 1 N–H and O–H groups in total. The molecular formula is C11H14N2O4. The van der Waals surface area contributed by atoms with Gasteiger partial charge in [-0.3, -0.25) is 15.0 Å². The first-order valence-corrected chi connectivity index (χ1v) is 5.21. The molecule has 0 saturated carbocycles. The Morgan fingerprint density at radius 3 is 2.65 bits per heavy atom. The van der Waals surface area contributed by atoms with E-state index in [-0.39, 0.29) is 5.69 Å². The molecule has 1 aromatic rings. The van der Waals surface area contributed by atoms with Crippen LogP contribution >= 0.6 is 0 Å². The van der Waals surface area contributed by atoms with Gasteiger partial charge in [0.15, 0.2) is 0 Å². The maximum Gasteiger partial charge on any atom is 0.411 e. The number of nitro groups is 1. The molecule has 0 atom stereocenters. The molecule has 6 nitrogen and oxygen atoms in total. The molecule has 1 amide bonds. The van der Waals surface area contributed by atoms with Gasteiger partial charge < -0.3 is 5.11 Å². The SMILES string of the molecule is CCCc1ccc(N(C)C(=O)O)cc1[N+](=O)[O-]. The predicted octanol–water partition coefficient (Wildman–Crippen LogP) is 2.66. The first-order valence-electron chi connectivity index (χ1n) is 5.21. The number of carboxylic acid groups (broad SMARTS) is 1. The lowest BCUT2D eigenvalue weighted by atomic mass is 10.1. The van der Waals surface area contributed by atoms with Gasteiger partial charge in [-0.05, 0) is 12.5 Å². The van der Waals surface area contributed by atoms with Crippen LogP contribution in [0.25, 0.3) is 0 Å². The highest BCUT2D eigenvalue weighted by molar-refractivity contribution is 5.86. The molecule has 17 heavy (non-hydrogen) atoms. The van der Waals surface area contributed by atoms with Gasteiger partial charge in [-0.1, -0.05) is 19.4 Å². The van der Waals surface area contributed by atoms with E-state index >= 15 is 0 Å². The predicted molar refractivity (Wildman–Crippen MR) is 63.5 cm³/mol. The highest BCUT2D eigenvalue weighted by Crippen LogP contribution is 2.26. The van der Waals surface area contributed by atoms with E-state index in [1.807, 2.05) is 6.92 Å². The third-order valence-electron chi connectivity index (χ3n) is 2.46. The molecule has 0 heterocycles. The number of aryl methyl sites for hydroxylation is 1. The molecule has 0 fully saturated rings. The smallest absolute Gasteiger partial charge is 0.411 e. The summed E-state index contributed by atoms with van der Waals surface area (Å²) in [4.78, 5) is 22.1. The standard InChI is InChI=1S/C11H14N2O4/c1-3-4-8-5-6-9(12(2)11(14)15)7-10(8)13(16)17/h5-7H,3-4H2,1-2H3,(H,14,15). The molecule has 0 aliphatic rings. The molecule has 0 bridgehead atoms. The van der Waals surface area contributed by atoms with Crippen molar-refractivity contribution in [2.75, 3.05) is 11.9 Å². The number of nitrogens with zero attached hydrogens (tertiary/aromatic N) is 2. The van der Waals surface area contributed by atoms with Gasteiger partial charge in [-0.25, -0.2) is 4.79 Å². The molecule has 0 aliphatic carbocycles. The van der Waals surface area contributed by atoms with Crippen LogP contribution in [-0.4, -0.2) is 23.2 Å². The number of anilines is 1. The van der Waals surface area contributed by atoms with Crippen LogP contribution in [0.1, 0.15) is 18.9 Å². The summed E-state index contributed by atoms with van der Waals surface area (Å²) >= 11 is 0. The van der Waals surface area contributed by atoms with Gasteiger partial charge in [-0.15, -0.1) is 0 Å². The van der Waals surface area contributed by atoms with E-state index < -0.39 is 11.0 Å². The number of amides is 1. The van der Waals surface area contributed by atoms with E-state index in [1.165, 1.54) is 13.1 Å². The van der Waals surface area contributed by atoms with Crippen LogP contribution < -0.4 is 4.90 Å². The van der Waals surface area contributed by atoms with E-state index in [1.54, 1.807) is 12.1 Å². The van der Waals surface area contributed by atoms with Crippen LogP contribution in [-0.2, 0) is 6.42 Å². The molecule has 0 aromatic heterocycles. The van der Waals surface area contributed by atoms with Gasteiger partial charge >= 0.3 is 6.09 Å². The lowest BCUT2D eigenvalue weighted by Gasteiger charge is -2.13. The van der Waals surface area contributed by atoms with Crippen LogP contribution in [0.5, 0.6) is 0 Å². The van der Waals surface area contributed by atoms with Gasteiger partial charge in [0.2, 0.25) is 0 Å². The number of rotatable bonds is 4. The molecule has 0 unspecified atom stereocenters. The Hall–Kier alpha value is -2.11. The number of hydrogen-bond acceptors (Lipinski definition) is 3. The average molecular weight is 238 g/mol. The monoisotopic (exact) mass is 238 g/mol. The first kappa shape index (κ1) is 13.0. The molecule has 1 rings (SSSR count). The second kappa shape index (κ2) is 5.29. The van der Waals surface area contributed by atoms with Crippen molar-refractivity contribution in [3.63, 3.8) is 0 Å². The summed E-state index contributed by atoms with van der Waals surface area (Å²) in [6.07, 6.45) is 0.255. The largest absolute Gasteiger partial charge is 0.465 e. The van der Waals surface area contributed by atoms with E-state index in [4.69, 9.17) is 5.11 Å². The first-order chi connectivity index (χ1) is 7.97. The Labute approximate surface area is 98.6 Å². The van der Waals surface area contributed by atoms with Gasteiger partial charge in [0, 0.05) is 18.7 Å². The second-order valence-corrected chi connectivity index (χ2v) is 3.66. The summed E-state index contributed by atoms with van der Waals surface area (Å²) in [6, 6.07) is 4.47. The minimum Gasteiger partial charge on any atom is -0.465 e. The van der Waals surface area contributed by atoms with Crippen molar-refractivity contribution >= 4 is 17.5 Å². The van der Waals surface area contributed by atoms with Gasteiger partial charge in [0.25, 0.3) is 5.69 Å². The Kier molecular flexibility index (Phi) is 4.03. The quantitative estimate of drug-likeness (QED) is 0.645. The lowest BCUT2D eigenvalue weighted by molar-refractivity contribution is -0.385. The molecule has 92 valence electrons. The maximum absolute atomic E-state index is 10.9. The second-order valence-electron chi connectivity index (χ2n) is 3.66. The molecule has 0 saturated heterocycles. The summed E-state index contributed by atoms with van der Waals surface area (Å²) in [5.74, 6) is 0. The summed E-state index contributed by atoms with van der Waals surface area (Å²) in [6.45, 7) is 1.93. The Morgan fingerprint density at radius 2 is 2.18 bits per heavy atom. The molecule has 0 spiro atoms. The fraction of sp³-hybridized carbons (Fsp3) is 0.364. The van der Waals surface area contributed by atoms with Crippen LogP contribution in [0.15, 0.2) is 18.2 Å². The normalized spacial score (nSPS) is 10.0. The van der Waals surface area contributed by atoms with Crippen LogP contribution in [0.4, 0.5) is 16.2 Å². The van der Waals surface area contributed by atoms with Crippen molar-refractivity contribution in [3.8, 4) is 0 Å². The fourth-order valence-corrected chi connectivity index (χ4v) is 1.52. The summed E-state index contributed by atoms with van der Waals surface area (Å²) in [5.41, 5.74) is 0.890. The van der Waals surface area contributed by atoms with E-state index in [0.717, 1.165) is 11.3 Å². The molecule has 6 heteroatoms. The van der Waals surface area contributed by atoms with Crippen molar-refractivity contribution in [2.45, 2.75) is 19.8 Å². The van der Waals surface area contributed by atoms with Crippen LogP contribution in [0, 0.1) is 10.1 Å². The fourth-order valence-electron chi connectivity index (χ4n) is 1.52. The lowest BCUT2D eigenvalue weighted by Crippen LogP contribution is -2.23. The zero-order valence-electron chi connectivity index (χ0n) is 9.71. The molecule has 0 radical (unpaired) electrons. The third kappa shape index (κ3) is 2.93. The Bertz CT molecular complexity index is 445. The van der Waals surface area contributed by atoms with E-state index in [0.29, 0.717) is 17.7 Å². The topological polar surface area (TPSA) is 83.7 Å². The van der Waals surface area contributed by atoms with Gasteiger partial charge in [-0.2, -0.15) is 0 Å². The molecular weight excluding hydrogens is 224 g/mol. The molecule has 1 aromatic carbocycles. The Balaban J connectivity index is 3.18. The van der Waals surface area contributed by atoms with Crippen molar-refractivity contribution in [1.82, 2.24) is 0 Å². The minimum absolute atomic E-state index is 0.0301. The van der Waals surface area contributed by atoms with Gasteiger partial charge in [0.05, 0.1) is 10.6 Å². The number of benzene rings is 1. The summed E-state index contributed by atoms with van der Waals surface area (Å²) in [7, 11) is 1.35. The third-order valence-corrected chi connectivity index (χ3v) is 2.46. The van der Waals surface area contributed by atoms with Crippen molar-refractivity contribution in [3.05, 3.63) is 33.9 Å². The average Bonchev–Trinajstić information content (AvgIpc) is 2.28. The maximum atomic E-state index is 10.9. The molecule has 0 aliphatic heterocycles. The minimum atomic E-state index is -1.15. The zero-order chi connectivity index (χ0) is 13.0. The van der Waals surface area contributed by atoms with Crippen molar-refractivity contribution < 1.29 is 14.8 Å².